The van der Waals surface area contributed by atoms with E-state index in [0.717, 1.165) is 44.2 Å². The zero-order valence-corrected chi connectivity index (χ0v) is 16.1. The highest BCUT2D eigenvalue weighted by Crippen LogP contribution is 2.44. The maximum atomic E-state index is 14.2. The lowest BCUT2D eigenvalue weighted by molar-refractivity contribution is 0.0544. The Balaban J connectivity index is 1.54. The molecule has 4 nitrogen and oxygen atoms in total. The SMILES string of the molecule is O=C(c1ccccc1F)N(C1CC1)C1CCC(CCO)(c2ccccn2)CC1. The first-order chi connectivity index (χ1) is 13.6. The molecule has 1 heterocycles. The molecule has 0 aliphatic heterocycles. The summed E-state index contributed by atoms with van der Waals surface area (Å²) < 4.78 is 14.2. The van der Waals surface area contributed by atoms with Crippen LogP contribution in [0.2, 0.25) is 0 Å². The molecular weight excluding hydrogens is 355 g/mol. The van der Waals surface area contributed by atoms with Gasteiger partial charge in [-0.05, 0) is 69.2 Å². The molecule has 1 N–H and O–H groups in total. The van der Waals surface area contributed by atoms with E-state index < -0.39 is 5.82 Å². The maximum absolute atomic E-state index is 14.2. The van der Waals surface area contributed by atoms with Gasteiger partial charge in [0.25, 0.3) is 5.91 Å². The van der Waals surface area contributed by atoms with Crippen LogP contribution < -0.4 is 0 Å². The third kappa shape index (κ3) is 3.68. The van der Waals surface area contributed by atoms with Gasteiger partial charge >= 0.3 is 0 Å². The van der Waals surface area contributed by atoms with E-state index in [1.165, 1.54) is 6.07 Å². The van der Waals surface area contributed by atoms with Crippen LogP contribution in [0.1, 0.15) is 61.0 Å². The smallest absolute Gasteiger partial charge is 0.257 e. The summed E-state index contributed by atoms with van der Waals surface area (Å²) in [6.45, 7) is 0.127. The average Bonchev–Trinajstić information content (AvgIpc) is 3.56. The van der Waals surface area contributed by atoms with E-state index in [1.807, 2.05) is 23.1 Å². The number of benzene rings is 1. The summed E-state index contributed by atoms with van der Waals surface area (Å²) in [5.74, 6) is -0.629. The first kappa shape index (κ1) is 19.1. The molecule has 2 aliphatic rings. The number of halogens is 1. The van der Waals surface area contributed by atoms with Crippen LogP contribution >= 0.6 is 0 Å². The molecule has 0 bridgehead atoms. The number of aliphatic hydroxyl groups excluding tert-OH is 1. The Morgan fingerprint density at radius 1 is 1.07 bits per heavy atom. The number of rotatable bonds is 6. The molecule has 0 spiro atoms. The second kappa shape index (κ2) is 8.00. The quantitative estimate of drug-likeness (QED) is 0.819. The Hall–Kier alpha value is -2.27. The standard InChI is InChI=1S/C23H27FN2O2/c24-20-6-2-1-5-19(20)22(28)26(17-8-9-17)18-10-12-23(13-11-18,14-16-27)21-7-3-4-15-25-21/h1-7,15,17-18,27H,8-14,16H2. The predicted molar refractivity (Wildman–Crippen MR) is 105 cm³/mol. The molecule has 0 atom stereocenters. The fourth-order valence-electron chi connectivity index (χ4n) is 4.71. The van der Waals surface area contributed by atoms with Gasteiger partial charge in [0.2, 0.25) is 0 Å². The lowest BCUT2D eigenvalue weighted by atomic mass is 9.68. The largest absolute Gasteiger partial charge is 0.396 e. The number of hydrogen-bond donors (Lipinski definition) is 1. The lowest BCUT2D eigenvalue weighted by Crippen LogP contribution is -2.47. The molecule has 2 aliphatic carbocycles. The highest BCUT2D eigenvalue weighted by atomic mass is 19.1. The minimum atomic E-state index is -0.447. The summed E-state index contributed by atoms with van der Waals surface area (Å²) in [7, 11) is 0. The lowest BCUT2D eigenvalue weighted by Gasteiger charge is -2.43. The second-order valence-electron chi connectivity index (χ2n) is 8.12. The number of amides is 1. The van der Waals surface area contributed by atoms with Gasteiger partial charge in [-0.15, -0.1) is 0 Å². The van der Waals surface area contributed by atoms with Crippen LogP contribution in [0.25, 0.3) is 0 Å². The van der Waals surface area contributed by atoms with Crippen molar-refractivity contribution in [3.05, 3.63) is 65.7 Å². The number of carbonyl (C=O) groups is 1. The Bertz CT molecular complexity index is 814. The zero-order chi connectivity index (χ0) is 19.6. The van der Waals surface area contributed by atoms with Crippen LogP contribution in [0.15, 0.2) is 48.7 Å². The molecule has 2 aromatic rings. The number of nitrogens with zero attached hydrogens (tertiary/aromatic N) is 2. The number of hydrogen-bond acceptors (Lipinski definition) is 3. The Morgan fingerprint density at radius 3 is 2.36 bits per heavy atom. The first-order valence-corrected chi connectivity index (χ1v) is 10.2. The van der Waals surface area contributed by atoms with Crippen LogP contribution in [-0.2, 0) is 5.41 Å². The first-order valence-electron chi connectivity index (χ1n) is 10.2. The van der Waals surface area contributed by atoms with E-state index in [1.54, 1.807) is 24.4 Å². The molecule has 1 amide bonds. The number of aliphatic hydroxyl groups is 1. The van der Waals surface area contributed by atoms with Gasteiger partial charge in [-0.2, -0.15) is 0 Å². The molecule has 0 radical (unpaired) electrons. The van der Waals surface area contributed by atoms with Crippen molar-refractivity contribution in [2.45, 2.75) is 62.4 Å². The van der Waals surface area contributed by atoms with Crippen molar-refractivity contribution < 1.29 is 14.3 Å². The molecule has 1 aromatic carbocycles. The summed E-state index contributed by atoms with van der Waals surface area (Å²) in [6, 6.07) is 12.6. The van der Waals surface area contributed by atoms with Gasteiger partial charge in [-0.25, -0.2) is 4.39 Å². The third-order valence-electron chi connectivity index (χ3n) is 6.38. The second-order valence-corrected chi connectivity index (χ2v) is 8.12. The summed E-state index contributed by atoms with van der Waals surface area (Å²) in [5, 5.41) is 9.65. The van der Waals surface area contributed by atoms with Gasteiger partial charge in [0.05, 0.1) is 5.56 Å². The Kier molecular flexibility index (Phi) is 5.44. The summed E-state index contributed by atoms with van der Waals surface area (Å²) in [6.07, 6.45) is 7.95. The Morgan fingerprint density at radius 2 is 1.75 bits per heavy atom. The monoisotopic (exact) mass is 382 g/mol. The van der Waals surface area contributed by atoms with E-state index in [4.69, 9.17) is 0 Å². The number of carbonyl (C=O) groups excluding carboxylic acids is 1. The number of aromatic nitrogens is 1. The normalized spacial score (nSPS) is 24.7. The molecule has 2 fully saturated rings. The van der Waals surface area contributed by atoms with E-state index in [2.05, 4.69) is 4.98 Å². The molecule has 148 valence electrons. The van der Waals surface area contributed by atoms with Crippen molar-refractivity contribution in [3.63, 3.8) is 0 Å². The topological polar surface area (TPSA) is 53.4 Å². The zero-order valence-electron chi connectivity index (χ0n) is 16.1. The minimum absolute atomic E-state index is 0.120. The van der Waals surface area contributed by atoms with Crippen LogP contribution in [0.5, 0.6) is 0 Å². The number of pyridine rings is 1. The van der Waals surface area contributed by atoms with Crippen LogP contribution in [0, 0.1) is 5.82 Å². The molecule has 5 heteroatoms. The summed E-state index contributed by atoms with van der Waals surface area (Å²) in [5.41, 5.74) is 1.06. The van der Waals surface area contributed by atoms with Crippen LogP contribution in [-0.4, -0.2) is 39.6 Å². The summed E-state index contributed by atoms with van der Waals surface area (Å²) in [4.78, 5) is 19.6. The molecular formula is C23H27FN2O2. The van der Waals surface area contributed by atoms with Crippen molar-refractivity contribution in [2.24, 2.45) is 0 Å². The van der Waals surface area contributed by atoms with E-state index in [0.29, 0.717) is 6.42 Å². The molecule has 0 unspecified atom stereocenters. The van der Waals surface area contributed by atoms with E-state index in [9.17, 15) is 14.3 Å². The van der Waals surface area contributed by atoms with Crippen molar-refractivity contribution in [3.8, 4) is 0 Å². The third-order valence-corrected chi connectivity index (χ3v) is 6.38. The van der Waals surface area contributed by atoms with Gasteiger partial charge in [0.15, 0.2) is 0 Å². The van der Waals surface area contributed by atoms with Crippen molar-refractivity contribution in [1.82, 2.24) is 9.88 Å². The average molecular weight is 382 g/mol. The van der Waals surface area contributed by atoms with Gasteiger partial charge < -0.3 is 10.0 Å². The van der Waals surface area contributed by atoms with Crippen LogP contribution in [0.4, 0.5) is 4.39 Å². The van der Waals surface area contributed by atoms with E-state index >= 15 is 0 Å². The van der Waals surface area contributed by atoms with Crippen molar-refractivity contribution >= 4 is 5.91 Å². The molecule has 28 heavy (non-hydrogen) atoms. The van der Waals surface area contributed by atoms with Gasteiger partial charge in [-0.3, -0.25) is 9.78 Å². The van der Waals surface area contributed by atoms with Gasteiger partial charge in [0.1, 0.15) is 5.82 Å². The van der Waals surface area contributed by atoms with Crippen LogP contribution in [0.3, 0.4) is 0 Å². The van der Waals surface area contributed by atoms with Crippen molar-refractivity contribution in [2.75, 3.05) is 6.61 Å². The molecule has 0 saturated heterocycles. The van der Waals surface area contributed by atoms with Gasteiger partial charge in [-0.1, -0.05) is 18.2 Å². The highest BCUT2D eigenvalue weighted by molar-refractivity contribution is 5.95. The molecule has 1 aromatic heterocycles. The fourth-order valence-corrected chi connectivity index (χ4v) is 4.71. The van der Waals surface area contributed by atoms with Gasteiger partial charge in [0, 0.05) is 36.0 Å². The molecule has 2 saturated carbocycles. The fraction of sp³-hybridized carbons (Fsp3) is 0.478. The highest BCUT2D eigenvalue weighted by Gasteiger charge is 2.44. The summed E-state index contributed by atoms with van der Waals surface area (Å²) >= 11 is 0. The predicted octanol–water partition coefficient (Wildman–Crippen LogP) is 4.09. The van der Waals surface area contributed by atoms with Crippen molar-refractivity contribution in [1.29, 1.82) is 0 Å². The molecule has 4 rings (SSSR count). The van der Waals surface area contributed by atoms with E-state index in [-0.39, 0.29) is 35.6 Å². The minimum Gasteiger partial charge on any atom is -0.396 e. The Labute approximate surface area is 165 Å². The maximum Gasteiger partial charge on any atom is 0.257 e.